The minimum absolute atomic E-state index is 0.0870. The highest BCUT2D eigenvalue weighted by Gasteiger charge is 2.22. The van der Waals surface area contributed by atoms with E-state index in [0.29, 0.717) is 18.2 Å². The van der Waals surface area contributed by atoms with E-state index in [-0.39, 0.29) is 17.7 Å². The van der Waals surface area contributed by atoms with Gasteiger partial charge >= 0.3 is 0 Å². The number of likely N-dealkylation sites (tertiary alicyclic amines) is 1. The molecule has 1 fully saturated rings. The summed E-state index contributed by atoms with van der Waals surface area (Å²) in [6.07, 6.45) is 3.66. The molecule has 0 bridgehead atoms. The van der Waals surface area contributed by atoms with Crippen LogP contribution in [0.1, 0.15) is 23.2 Å². The molecule has 0 aromatic carbocycles. The first-order valence-electron chi connectivity index (χ1n) is 6.26. The molecule has 3 N–H and O–H groups in total. The molecule has 2 rings (SSSR count). The fraction of sp³-hybridized carbons (Fsp3) is 0.583. The lowest BCUT2D eigenvalue weighted by atomic mass is 10.2. The number of nitrogens with zero attached hydrogens (tertiary/aromatic N) is 3. The number of amides is 1. The van der Waals surface area contributed by atoms with Gasteiger partial charge in [0.15, 0.2) is 0 Å². The summed E-state index contributed by atoms with van der Waals surface area (Å²) in [6.45, 7) is 1.69. The minimum atomic E-state index is -0.239. The van der Waals surface area contributed by atoms with E-state index < -0.39 is 0 Å². The van der Waals surface area contributed by atoms with Crippen LogP contribution in [0.2, 0.25) is 0 Å². The summed E-state index contributed by atoms with van der Waals surface area (Å²) >= 11 is 0. The molecule has 104 valence electrons. The predicted octanol–water partition coefficient (Wildman–Crippen LogP) is -0.109. The normalized spacial score (nSPS) is 19.4. The summed E-state index contributed by atoms with van der Waals surface area (Å²) in [6, 6.07) is 0.393. The van der Waals surface area contributed by atoms with Crippen molar-refractivity contribution in [2.75, 3.05) is 33.0 Å². The van der Waals surface area contributed by atoms with E-state index in [1.54, 1.807) is 0 Å². The van der Waals surface area contributed by atoms with Crippen molar-refractivity contribution in [2.45, 2.75) is 18.9 Å². The van der Waals surface area contributed by atoms with Crippen molar-refractivity contribution >= 4 is 11.9 Å². The molecular weight excluding hydrogens is 246 g/mol. The monoisotopic (exact) mass is 265 g/mol. The fourth-order valence-electron chi connectivity index (χ4n) is 2.23. The lowest BCUT2D eigenvalue weighted by Gasteiger charge is -2.19. The first-order valence-corrected chi connectivity index (χ1v) is 6.26. The number of hydrogen-bond donors (Lipinski definition) is 2. The first-order chi connectivity index (χ1) is 9.11. The standard InChI is InChI=1S/C12H19N5O2/c1-17-5-3-4-8(17)6-14-10(18)9-7-15-12(13)16-11(9)19-2/h7-8H,3-6H2,1-2H3,(H,14,18)(H2,13,15,16). The van der Waals surface area contributed by atoms with Gasteiger partial charge in [-0.1, -0.05) is 0 Å². The van der Waals surface area contributed by atoms with Crippen molar-refractivity contribution in [1.82, 2.24) is 20.2 Å². The van der Waals surface area contributed by atoms with E-state index in [0.717, 1.165) is 13.0 Å². The summed E-state index contributed by atoms with van der Waals surface area (Å²) in [7, 11) is 3.51. The fourth-order valence-corrected chi connectivity index (χ4v) is 2.23. The highest BCUT2D eigenvalue weighted by molar-refractivity contribution is 5.96. The van der Waals surface area contributed by atoms with Gasteiger partial charge in [0.1, 0.15) is 5.56 Å². The van der Waals surface area contributed by atoms with Gasteiger partial charge in [0.25, 0.3) is 5.91 Å². The number of nitrogen functional groups attached to an aromatic ring is 1. The van der Waals surface area contributed by atoms with Crippen LogP contribution >= 0.6 is 0 Å². The Balaban J connectivity index is 1.99. The van der Waals surface area contributed by atoms with E-state index in [2.05, 4.69) is 27.2 Å². The molecule has 1 amide bonds. The Labute approximate surface area is 112 Å². The van der Waals surface area contributed by atoms with Crippen LogP contribution < -0.4 is 15.8 Å². The lowest BCUT2D eigenvalue weighted by Crippen LogP contribution is -2.38. The number of methoxy groups -OCH3 is 1. The van der Waals surface area contributed by atoms with Crippen molar-refractivity contribution in [2.24, 2.45) is 0 Å². The number of anilines is 1. The summed E-state index contributed by atoms with van der Waals surface area (Å²) in [5.74, 6) is 0.0471. The van der Waals surface area contributed by atoms with Crippen LogP contribution in [0, 0.1) is 0 Å². The average Bonchev–Trinajstić information content (AvgIpc) is 2.81. The zero-order valence-electron chi connectivity index (χ0n) is 11.2. The molecular formula is C12H19N5O2. The highest BCUT2D eigenvalue weighted by Crippen LogP contribution is 2.16. The van der Waals surface area contributed by atoms with Crippen LogP contribution in [0.25, 0.3) is 0 Å². The van der Waals surface area contributed by atoms with Crippen LogP contribution in [-0.2, 0) is 0 Å². The third-order valence-corrected chi connectivity index (χ3v) is 3.38. The van der Waals surface area contributed by atoms with Crippen LogP contribution in [0.3, 0.4) is 0 Å². The van der Waals surface area contributed by atoms with Crippen molar-refractivity contribution in [3.63, 3.8) is 0 Å². The van der Waals surface area contributed by atoms with Gasteiger partial charge in [-0.2, -0.15) is 4.98 Å². The predicted molar refractivity (Wildman–Crippen MR) is 71.0 cm³/mol. The summed E-state index contributed by atoms with van der Waals surface area (Å²) in [5.41, 5.74) is 5.76. The van der Waals surface area contributed by atoms with E-state index in [1.165, 1.54) is 19.7 Å². The van der Waals surface area contributed by atoms with Gasteiger partial charge in [-0.3, -0.25) is 4.79 Å². The zero-order valence-corrected chi connectivity index (χ0v) is 11.2. The molecule has 2 heterocycles. The Morgan fingerprint density at radius 2 is 2.47 bits per heavy atom. The van der Waals surface area contributed by atoms with Gasteiger partial charge in [0.05, 0.1) is 7.11 Å². The number of nitrogens with one attached hydrogen (secondary N) is 1. The van der Waals surface area contributed by atoms with Crippen molar-refractivity contribution in [1.29, 1.82) is 0 Å². The van der Waals surface area contributed by atoms with Crippen molar-refractivity contribution in [3.05, 3.63) is 11.8 Å². The minimum Gasteiger partial charge on any atom is -0.480 e. The smallest absolute Gasteiger partial charge is 0.258 e. The second-order valence-corrected chi connectivity index (χ2v) is 4.64. The van der Waals surface area contributed by atoms with Crippen molar-refractivity contribution < 1.29 is 9.53 Å². The Morgan fingerprint density at radius 3 is 3.11 bits per heavy atom. The number of likely N-dealkylation sites (N-methyl/N-ethyl adjacent to an activating group) is 1. The summed E-state index contributed by atoms with van der Waals surface area (Å²) in [5, 5.41) is 2.88. The first kappa shape index (κ1) is 13.5. The van der Waals surface area contributed by atoms with Gasteiger partial charge in [0, 0.05) is 18.8 Å². The van der Waals surface area contributed by atoms with Gasteiger partial charge in [-0.25, -0.2) is 4.98 Å². The van der Waals surface area contributed by atoms with E-state index in [4.69, 9.17) is 10.5 Å². The van der Waals surface area contributed by atoms with Crippen molar-refractivity contribution in [3.8, 4) is 5.88 Å². The third-order valence-electron chi connectivity index (χ3n) is 3.38. The number of ether oxygens (including phenoxy) is 1. The summed E-state index contributed by atoms with van der Waals surface area (Å²) < 4.78 is 5.04. The molecule has 0 aliphatic carbocycles. The zero-order chi connectivity index (χ0) is 13.8. The maximum absolute atomic E-state index is 12.1. The molecule has 7 heteroatoms. The molecule has 1 aliphatic rings. The molecule has 7 nitrogen and oxygen atoms in total. The molecule has 1 aromatic rings. The van der Waals surface area contributed by atoms with Crippen LogP contribution in [0.15, 0.2) is 6.20 Å². The Hall–Kier alpha value is -1.89. The second kappa shape index (κ2) is 5.83. The largest absolute Gasteiger partial charge is 0.480 e. The van der Waals surface area contributed by atoms with E-state index in [1.807, 2.05) is 0 Å². The molecule has 1 saturated heterocycles. The van der Waals surface area contributed by atoms with Gasteiger partial charge < -0.3 is 20.7 Å². The van der Waals surface area contributed by atoms with E-state index >= 15 is 0 Å². The molecule has 0 radical (unpaired) electrons. The summed E-state index contributed by atoms with van der Waals surface area (Å²) in [4.78, 5) is 22.0. The lowest BCUT2D eigenvalue weighted by molar-refractivity contribution is 0.0939. The third kappa shape index (κ3) is 3.11. The molecule has 19 heavy (non-hydrogen) atoms. The number of carbonyl (C=O) groups excluding carboxylic acids is 1. The number of nitrogens with two attached hydrogens (primary N) is 1. The van der Waals surface area contributed by atoms with E-state index in [9.17, 15) is 4.79 Å². The Kier molecular flexibility index (Phi) is 4.16. The number of aromatic nitrogens is 2. The van der Waals surface area contributed by atoms with Crippen LogP contribution in [-0.4, -0.2) is 54.1 Å². The topological polar surface area (TPSA) is 93.4 Å². The maximum atomic E-state index is 12.1. The van der Waals surface area contributed by atoms with Gasteiger partial charge in [0.2, 0.25) is 11.8 Å². The Bertz CT molecular complexity index is 465. The quantitative estimate of drug-likeness (QED) is 0.789. The highest BCUT2D eigenvalue weighted by atomic mass is 16.5. The Morgan fingerprint density at radius 1 is 1.68 bits per heavy atom. The second-order valence-electron chi connectivity index (χ2n) is 4.64. The maximum Gasteiger partial charge on any atom is 0.258 e. The number of carbonyl (C=O) groups is 1. The van der Waals surface area contributed by atoms with Crippen LogP contribution in [0.4, 0.5) is 5.95 Å². The molecule has 0 spiro atoms. The van der Waals surface area contributed by atoms with Gasteiger partial charge in [-0.05, 0) is 26.4 Å². The number of hydrogen-bond acceptors (Lipinski definition) is 6. The molecule has 1 unspecified atom stereocenters. The average molecular weight is 265 g/mol. The molecule has 1 aliphatic heterocycles. The molecule has 1 atom stereocenters. The molecule has 0 saturated carbocycles. The van der Waals surface area contributed by atoms with Crippen LogP contribution in [0.5, 0.6) is 5.88 Å². The SMILES string of the molecule is COc1nc(N)ncc1C(=O)NCC1CCCN1C. The molecule has 1 aromatic heterocycles. The van der Waals surface area contributed by atoms with Gasteiger partial charge in [-0.15, -0.1) is 0 Å². The number of rotatable bonds is 4.